The molecule has 1 atom stereocenters. The van der Waals surface area contributed by atoms with E-state index in [2.05, 4.69) is 56.1 Å². The van der Waals surface area contributed by atoms with Gasteiger partial charge in [0, 0.05) is 31.9 Å². The van der Waals surface area contributed by atoms with Crippen molar-refractivity contribution >= 4 is 17.6 Å². The molecule has 2 fully saturated rings. The Hall–Kier alpha value is -3.84. The summed E-state index contributed by atoms with van der Waals surface area (Å²) in [4.78, 5) is 18.4. The van der Waals surface area contributed by atoms with Gasteiger partial charge in [0.25, 0.3) is 11.9 Å². The van der Waals surface area contributed by atoms with Gasteiger partial charge in [-0.15, -0.1) is 0 Å². The molecule has 37 heavy (non-hydrogen) atoms. The lowest BCUT2D eigenvalue weighted by Gasteiger charge is -2.32. The molecule has 1 unspecified atom stereocenters. The van der Waals surface area contributed by atoms with Crippen molar-refractivity contribution in [2.45, 2.75) is 20.0 Å². The molecule has 0 radical (unpaired) electrons. The van der Waals surface area contributed by atoms with Gasteiger partial charge < -0.3 is 19.3 Å². The first-order valence-corrected chi connectivity index (χ1v) is 12.8. The number of likely N-dealkylation sites (N-methyl/N-ethyl adjacent to an activating group) is 1. The number of amides is 1. The Bertz CT molecular complexity index is 1260. The van der Waals surface area contributed by atoms with Gasteiger partial charge in [-0.05, 0) is 67.4 Å². The van der Waals surface area contributed by atoms with E-state index < -0.39 is 0 Å². The highest BCUT2D eigenvalue weighted by molar-refractivity contribution is 5.92. The Morgan fingerprint density at radius 3 is 2.35 bits per heavy atom. The molecule has 2 saturated heterocycles. The minimum absolute atomic E-state index is 0.0175. The molecule has 0 bridgehead atoms. The second-order valence-electron chi connectivity index (χ2n) is 9.93. The predicted octanol–water partition coefficient (Wildman–Crippen LogP) is 4.64. The number of benzene rings is 3. The summed E-state index contributed by atoms with van der Waals surface area (Å²) >= 11 is 0. The SMILES string of the molecule is Cc1ccc(-c2ccc(N3CC(c4ccc(OCC(=O)N5CCN(C)CC5)cc4)OC3=N)cc2)c(C)c1. The molecule has 3 aromatic rings. The predicted molar refractivity (Wildman–Crippen MR) is 146 cm³/mol. The zero-order valence-electron chi connectivity index (χ0n) is 21.7. The molecular weight excluding hydrogens is 464 g/mol. The van der Waals surface area contributed by atoms with Crippen LogP contribution in [0.2, 0.25) is 0 Å². The lowest BCUT2D eigenvalue weighted by atomic mass is 9.98. The second-order valence-corrected chi connectivity index (χ2v) is 9.93. The van der Waals surface area contributed by atoms with Crippen molar-refractivity contribution in [3.8, 4) is 16.9 Å². The molecule has 1 N–H and O–H groups in total. The van der Waals surface area contributed by atoms with E-state index in [1.807, 2.05) is 46.2 Å². The van der Waals surface area contributed by atoms with Crippen molar-refractivity contribution in [1.82, 2.24) is 9.80 Å². The molecule has 2 aliphatic rings. The quantitative estimate of drug-likeness (QED) is 0.537. The van der Waals surface area contributed by atoms with E-state index in [4.69, 9.17) is 14.9 Å². The summed E-state index contributed by atoms with van der Waals surface area (Å²) in [6.45, 7) is 8.11. The van der Waals surface area contributed by atoms with Crippen molar-refractivity contribution in [2.24, 2.45) is 0 Å². The van der Waals surface area contributed by atoms with Gasteiger partial charge in [0.15, 0.2) is 6.61 Å². The first kappa shape index (κ1) is 24.8. The molecule has 7 heteroatoms. The van der Waals surface area contributed by atoms with Crippen LogP contribution < -0.4 is 9.64 Å². The Balaban J connectivity index is 1.18. The van der Waals surface area contributed by atoms with Crippen molar-refractivity contribution in [3.05, 3.63) is 83.4 Å². The van der Waals surface area contributed by atoms with Gasteiger partial charge in [-0.2, -0.15) is 0 Å². The number of aryl methyl sites for hydroxylation is 2. The minimum atomic E-state index is -0.243. The number of piperazine rings is 1. The highest BCUT2D eigenvalue weighted by Crippen LogP contribution is 2.32. The summed E-state index contributed by atoms with van der Waals surface area (Å²) in [5, 5.41) is 8.40. The summed E-state index contributed by atoms with van der Waals surface area (Å²) in [6, 6.07) is 22.5. The fourth-order valence-corrected chi connectivity index (χ4v) is 4.91. The number of anilines is 1. The third-order valence-electron chi connectivity index (χ3n) is 7.19. The number of amidine groups is 1. The van der Waals surface area contributed by atoms with E-state index >= 15 is 0 Å². The van der Waals surface area contributed by atoms with E-state index in [0.717, 1.165) is 43.0 Å². The first-order chi connectivity index (χ1) is 17.9. The summed E-state index contributed by atoms with van der Waals surface area (Å²) < 4.78 is 11.6. The van der Waals surface area contributed by atoms with Crippen molar-refractivity contribution in [2.75, 3.05) is 51.3 Å². The van der Waals surface area contributed by atoms with Gasteiger partial charge in [0.05, 0.1) is 6.54 Å². The zero-order chi connectivity index (χ0) is 25.9. The average Bonchev–Trinajstić information content (AvgIpc) is 3.29. The van der Waals surface area contributed by atoms with Gasteiger partial charge in [-0.3, -0.25) is 15.1 Å². The number of rotatable bonds is 6. The summed E-state index contributed by atoms with van der Waals surface area (Å²) in [6.07, 6.45) is -0.243. The fourth-order valence-electron chi connectivity index (χ4n) is 4.91. The maximum atomic E-state index is 12.4. The Morgan fingerprint density at radius 1 is 0.973 bits per heavy atom. The maximum Gasteiger partial charge on any atom is 0.289 e. The molecule has 0 aliphatic carbocycles. The number of hydrogen-bond acceptors (Lipinski definition) is 5. The molecule has 5 rings (SSSR count). The van der Waals surface area contributed by atoms with Gasteiger partial charge >= 0.3 is 0 Å². The monoisotopic (exact) mass is 498 g/mol. The largest absolute Gasteiger partial charge is 0.484 e. The van der Waals surface area contributed by atoms with Crippen molar-refractivity contribution in [3.63, 3.8) is 0 Å². The molecule has 2 heterocycles. The lowest BCUT2D eigenvalue weighted by molar-refractivity contribution is -0.134. The molecule has 1 amide bonds. The summed E-state index contributed by atoms with van der Waals surface area (Å²) in [7, 11) is 2.07. The third kappa shape index (κ3) is 5.62. The lowest BCUT2D eigenvalue weighted by Crippen LogP contribution is -2.48. The number of hydrogen-bond donors (Lipinski definition) is 1. The van der Waals surface area contributed by atoms with Crippen LogP contribution in [0.15, 0.2) is 66.7 Å². The number of carbonyl (C=O) groups is 1. The summed E-state index contributed by atoms with van der Waals surface area (Å²) in [5.74, 6) is 0.669. The minimum Gasteiger partial charge on any atom is -0.484 e. The van der Waals surface area contributed by atoms with Crippen LogP contribution in [0.5, 0.6) is 5.75 Å². The van der Waals surface area contributed by atoms with Crippen LogP contribution in [-0.2, 0) is 9.53 Å². The van der Waals surface area contributed by atoms with Crippen molar-refractivity contribution < 1.29 is 14.3 Å². The van der Waals surface area contributed by atoms with E-state index in [1.165, 1.54) is 16.7 Å². The zero-order valence-corrected chi connectivity index (χ0v) is 21.7. The first-order valence-electron chi connectivity index (χ1n) is 12.8. The molecule has 192 valence electrons. The Morgan fingerprint density at radius 2 is 1.68 bits per heavy atom. The van der Waals surface area contributed by atoms with Gasteiger partial charge in [0.1, 0.15) is 11.9 Å². The standard InChI is InChI=1S/C30H34N4O3/c1-21-4-13-27(22(2)18-21)23-5-9-25(10-6-23)34-19-28(37-30(34)31)24-7-11-26(12-8-24)36-20-29(35)33-16-14-32(3)15-17-33/h4-13,18,28,31H,14-17,19-20H2,1-3H3. The second kappa shape index (κ2) is 10.6. The third-order valence-corrected chi connectivity index (χ3v) is 7.19. The van der Waals surface area contributed by atoms with Crippen LogP contribution in [-0.4, -0.2) is 68.1 Å². The number of nitrogens with one attached hydrogen (secondary N) is 1. The van der Waals surface area contributed by atoms with Crippen LogP contribution in [0.4, 0.5) is 5.69 Å². The highest BCUT2D eigenvalue weighted by atomic mass is 16.5. The van der Waals surface area contributed by atoms with Crippen LogP contribution in [0.1, 0.15) is 22.8 Å². The molecule has 0 aromatic heterocycles. The van der Waals surface area contributed by atoms with Crippen LogP contribution in [0.25, 0.3) is 11.1 Å². The average molecular weight is 499 g/mol. The van der Waals surface area contributed by atoms with Crippen LogP contribution in [0.3, 0.4) is 0 Å². The molecule has 3 aromatic carbocycles. The topological polar surface area (TPSA) is 69.1 Å². The molecule has 0 spiro atoms. The van der Waals surface area contributed by atoms with Crippen LogP contribution in [0, 0.1) is 19.3 Å². The fraction of sp³-hybridized carbons (Fsp3) is 0.333. The van der Waals surface area contributed by atoms with E-state index in [-0.39, 0.29) is 24.6 Å². The van der Waals surface area contributed by atoms with Gasteiger partial charge in [-0.1, -0.05) is 48.0 Å². The Labute approximate surface area is 218 Å². The highest BCUT2D eigenvalue weighted by Gasteiger charge is 2.31. The van der Waals surface area contributed by atoms with Gasteiger partial charge in [0.2, 0.25) is 0 Å². The number of carbonyl (C=O) groups excluding carboxylic acids is 1. The Kier molecular flexibility index (Phi) is 7.15. The van der Waals surface area contributed by atoms with E-state index in [1.54, 1.807) is 0 Å². The number of nitrogens with zero attached hydrogens (tertiary/aromatic N) is 3. The maximum absolute atomic E-state index is 12.4. The van der Waals surface area contributed by atoms with E-state index in [0.29, 0.717) is 12.3 Å². The molecular formula is C30H34N4O3. The van der Waals surface area contributed by atoms with Crippen molar-refractivity contribution in [1.29, 1.82) is 5.41 Å². The normalized spacial score (nSPS) is 18.1. The van der Waals surface area contributed by atoms with E-state index in [9.17, 15) is 4.79 Å². The summed E-state index contributed by atoms with van der Waals surface area (Å²) in [5.41, 5.74) is 6.79. The molecule has 2 aliphatic heterocycles. The molecule has 7 nitrogen and oxygen atoms in total. The molecule has 0 saturated carbocycles. The number of ether oxygens (including phenoxy) is 2. The van der Waals surface area contributed by atoms with Gasteiger partial charge in [-0.25, -0.2) is 0 Å². The van der Waals surface area contributed by atoms with Crippen LogP contribution >= 0.6 is 0 Å². The smallest absolute Gasteiger partial charge is 0.289 e.